The van der Waals surface area contributed by atoms with Gasteiger partial charge in [-0.1, -0.05) is 17.7 Å². The van der Waals surface area contributed by atoms with Crippen LogP contribution in [0.2, 0.25) is 5.02 Å². The first-order valence-electron chi connectivity index (χ1n) is 10.8. The van der Waals surface area contributed by atoms with Gasteiger partial charge in [-0.05, 0) is 67.0 Å². The first-order valence-corrected chi connectivity index (χ1v) is 11.2. The highest BCUT2D eigenvalue weighted by Crippen LogP contribution is 2.34. The molecule has 0 saturated carbocycles. The number of halogens is 1. The van der Waals surface area contributed by atoms with Crippen LogP contribution < -0.4 is 16.4 Å². The van der Waals surface area contributed by atoms with Crippen molar-refractivity contribution >= 4 is 29.2 Å². The lowest BCUT2D eigenvalue weighted by atomic mass is 9.89. The average molecular weight is 442 g/mol. The number of nitrogens with two attached hydrogens (primary N) is 1. The smallest absolute Gasteiger partial charge is 0.321 e. The van der Waals surface area contributed by atoms with Crippen molar-refractivity contribution in [2.45, 2.75) is 37.6 Å². The van der Waals surface area contributed by atoms with Crippen molar-refractivity contribution in [3.8, 4) is 0 Å². The van der Waals surface area contributed by atoms with E-state index >= 15 is 0 Å². The molecule has 2 aliphatic rings. The van der Waals surface area contributed by atoms with Crippen LogP contribution in [-0.2, 0) is 11.2 Å². The zero-order valence-electron chi connectivity index (χ0n) is 17.4. The highest BCUT2D eigenvalue weighted by atomic mass is 35.5. The number of aryl methyl sites for hydroxylation is 1. The summed E-state index contributed by atoms with van der Waals surface area (Å²) in [6.07, 6.45) is 6.70. The minimum Gasteiger partial charge on any atom is -0.354 e. The molecule has 1 aliphatic carbocycles. The molecule has 8 heteroatoms. The zero-order valence-corrected chi connectivity index (χ0v) is 18.1. The molecule has 1 aliphatic heterocycles. The SMILES string of the molecule is NC(C(=O)NCC1CCc2cc(Cl)ccc21)C1CCN(C(=O)Nc2ccncc2)CC1. The van der Waals surface area contributed by atoms with Crippen LogP contribution >= 0.6 is 11.6 Å². The van der Waals surface area contributed by atoms with Gasteiger partial charge in [-0.15, -0.1) is 0 Å². The third-order valence-corrected chi connectivity index (χ3v) is 6.63. The zero-order chi connectivity index (χ0) is 21.8. The molecule has 2 unspecified atom stereocenters. The standard InChI is InChI=1S/C23H28ClN5O2/c24-18-3-4-20-16(13-18)1-2-17(20)14-27-22(30)21(25)15-7-11-29(12-8-15)23(31)28-19-5-9-26-10-6-19/h3-6,9-10,13,15,17,21H,1-2,7-8,11-12,14,25H2,(H,27,30)(H,26,28,31). The molecular weight excluding hydrogens is 414 g/mol. The number of amides is 3. The highest BCUT2D eigenvalue weighted by molar-refractivity contribution is 6.30. The Morgan fingerprint density at radius 1 is 1.16 bits per heavy atom. The van der Waals surface area contributed by atoms with E-state index in [0.29, 0.717) is 44.1 Å². The van der Waals surface area contributed by atoms with Crippen molar-refractivity contribution in [2.24, 2.45) is 11.7 Å². The van der Waals surface area contributed by atoms with E-state index in [1.807, 2.05) is 12.1 Å². The van der Waals surface area contributed by atoms with Crippen LogP contribution in [0.25, 0.3) is 0 Å². The third-order valence-electron chi connectivity index (χ3n) is 6.40. The number of hydrogen-bond donors (Lipinski definition) is 3. The molecule has 2 heterocycles. The predicted octanol–water partition coefficient (Wildman–Crippen LogP) is 3.15. The predicted molar refractivity (Wildman–Crippen MR) is 121 cm³/mol. The monoisotopic (exact) mass is 441 g/mol. The number of urea groups is 1. The molecule has 2 aromatic rings. The number of pyridine rings is 1. The van der Waals surface area contributed by atoms with E-state index in [2.05, 4.69) is 21.7 Å². The first-order chi connectivity index (χ1) is 15.0. The number of hydrogen-bond acceptors (Lipinski definition) is 4. The Balaban J connectivity index is 1.23. The molecule has 1 aromatic heterocycles. The molecule has 7 nitrogen and oxygen atoms in total. The maximum absolute atomic E-state index is 12.7. The van der Waals surface area contributed by atoms with Crippen LogP contribution in [0.3, 0.4) is 0 Å². The fraction of sp³-hybridized carbons (Fsp3) is 0.435. The van der Waals surface area contributed by atoms with E-state index in [4.69, 9.17) is 17.3 Å². The maximum atomic E-state index is 12.7. The topological polar surface area (TPSA) is 100 Å². The van der Waals surface area contributed by atoms with Crippen LogP contribution in [0.15, 0.2) is 42.7 Å². The van der Waals surface area contributed by atoms with Gasteiger partial charge in [-0.2, -0.15) is 0 Å². The van der Waals surface area contributed by atoms with Crippen LogP contribution in [0.1, 0.15) is 36.3 Å². The number of likely N-dealkylation sites (tertiary alicyclic amines) is 1. The van der Waals surface area contributed by atoms with Gasteiger partial charge in [0.25, 0.3) is 0 Å². The van der Waals surface area contributed by atoms with Gasteiger partial charge in [0.05, 0.1) is 6.04 Å². The van der Waals surface area contributed by atoms with Gasteiger partial charge in [0.2, 0.25) is 5.91 Å². The maximum Gasteiger partial charge on any atom is 0.321 e. The quantitative estimate of drug-likeness (QED) is 0.663. The lowest BCUT2D eigenvalue weighted by molar-refractivity contribution is -0.123. The normalized spacial score (nSPS) is 19.5. The van der Waals surface area contributed by atoms with Gasteiger partial charge in [-0.25, -0.2) is 4.79 Å². The number of aromatic nitrogens is 1. The number of anilines is 1. The second-order valence-electron chi connectivity index (χ2n) is 8.34. The van der Waals surface area contributed by atoms with E-state index in [9.17, 15) is 9.59 Å². The Morgan fingerprint density at radius 2 is 1.90 bits per heavy atom. The van der Waals surface area contributed by atoms with Gasteiger partial charge in [0.15, 0.2) is 0 Å². The molecule has 1 saturated heterocycles. The molecule has 3 amide bonds. The molecule has 4 rings (SSSR count). The fourth-order valence-electron chi connectivity index (χ4n) is 4.54. The molecule has 0 bridgehead atoms. The van der Waals surface area contributed by atoms with Gasteiger partial charge < -0.3 is 21.3 Å². The summed E-state index contributed by atoms with van der Waals surface area (Å²) >= 11 is 6.08. The van der Waals surface area contributed by atoms with Crippen molar-refractivity contribution in [3.05, 3.63) is 58.9 Å². The molecule has 1 aromatic carbocycles. The van der Waals surface area contributed by atoms with E-state index < -0.39 is 6.04 Å². The number of carbonyl (C=O) groups excluding carboxylic acids is 2. The Kier molecular flexibility index (Phi) is 6.73. The van der Waals surface area contributed by atoms with Crippen molar-refractivity contribution in [1.29, 1.82) is 0 Å². The minimum atomic E-state index is -0.559. The number of nitrogens with one attached hydrogen (secondary N) is 2. The molecule has 164 valence electrons. The van der Waals surface area contributed by atoms with Crippen molar-refractivity contribution < 1.29 is 9.59 Å². The molecule has 4 N–H and O–H groups in total. The van der Waals surface area contributed by atoms with Gasteiger partial charge in [-0.3, -0.25) is 9.78 Å². The number of nitrogens with zero attached hydrogens (tertiary/aromatic N) is 2. The number of benzene rings is 1. The van der Waals surface area contributed by atoms with Crippen LogP contribution in [-0.4, -0.2) is 47.5 Å². The molecule has 0 radical (unpaired) electrons. The van der Waals surface area contributed by atoms with E-state index in [1.54, 1.807) is 29.4 Å². The minimum absolute atomic E-state index is 0.0691. The summed E-state index contributed by atoms with van der Waals surface area (Å²) in [5.74, 6) is 0.267. The third kappa shape index (κ3) is 5.17. The number of carbonyl (C=O) groups is 2. The molecule has 31 heavy (non-hydrogen) atoms. The van der Waals surface area contributed by atoms with E-state index in [0.717, 1.165) is 17.9 Å². The van der Waals surface area contributed by atoms with Crippen LogP contribution in [0.5, 0.6) is 0 Å². The number of piperidine rings is 1. The van der Waals surface area contributed by atoms with Crippen molar-refractivity contribution in [1.82, 2.24) is 15.2 Å². The second kappa shape index (κ2) is 9.66. The lowest BCUT2D eigenvalue weighted by Gasteiger charge is -2.34. The summed E-state index contributed by atoms with van der Waals surface area (Å²) < 4.78 is 0. The molecule has 0 spiro atoms. The van der Waals surface area contributed by atoms with Crippen LogP contribution in [0, 0.1) is 5.92 Å². The fourth-order valence-corrected chi connectivity index (χ4v) is 4.74. The second-order valence-corrected chi connectivity index (χ2v) is 8.78. The Labute approximate surface area is 187 Å². The van der Waals surface area contributed by atoms with Crippen LogP contribution in [0.4, 0.5) is 10.5 Å². The van der Waals surface area contributed by atoms with Crippen molar-refractivity contribution in [2.75, 3.05) is 25.0 Å². The van der Waals surface area contributed by atoms with Crippen molar-refractivity contribution in [3.63, 3.8) is 0 Å². The first kappa shape index (κ1) is 21.6. The summed E-state index contributed by atoms with van der Waals surface area (Å²) in [5.41, 5.74) is 9.54. The van der Waals surface area contributed by atoms with Gasteiger partial charge >= 0.3 is 6.03 Å². The van der Waals surface area contributed by atoms with Gasteiger partial charge in [0, 0.05) is 48.7 Å². The number of rotatable bonds is 5. The summed E-state index contributed by atoms with van der Waals surface area (Å²) in [5, 5.41) is 6.67. The number of fused-ring (bicyclic) bond motifs is 1. The average Bonchev–Trinajstić information content (AvgIpc) is 3.19. The Hall–Kier alpha value is -2.64. The molecule has 2 atom stereocenters. The Morgan fingerprint density at radius 3 is 2.65 bits per heavy atom. The highest BCUT2D eigenvalue weighted by Gasteiger charge is 2.31. The van der Waals surface area contributed by atoms with E-state index in [1.165, 1.54) is 11.1 Å². The summed E-state index contributed by atoms with van der Waals surface area (Å²) in [6, 6.07) is 8.80. The van der Waals surface area contributed by atoms with Gasteiger partial charge in [0.1, 0.15) is 0 Å². The van der Waals surface area contributed by atoms with E-state index in [-0.39, 0.29) is 17.9 Å². The summed E-state index contributed by atoms with van der Waals surface area (Å²) in [6.45, 7) is 1.76. The summed E-state index contributed by atoms with van der Waals surface area (Å²) in [4.78, 5) is 30.8. The summed E-state index contributed by atoms with van der Waals surface area (Å²) in [7, 11) is 0. The largest absolute Gasteiger partial charge is 0.354 e. The Bertz CT molecular complexity index is 931. The molecule has 1 fully saturated rings. The lowest BCUT2D eigenvalue weighted by Crippen LogP contribution is -2.51. The molecular formula is C23H28ClN5O2.